The average Bonchev–Trinajstić information content (AvgIpc) is 3.40. The van der Waals surface area contributed by atoms with Gasteiger partial charge in [-0.15, -0.1) is 0 Å². The second-order valence-corrected chi connectivity index (χ2v) is 10.2. The van der Waals surface area contributed by atoms with E-state index in [-0.39, 0.29) is 0 Å². The van der Waals surface area contributed by atoms with Crippen molar-refractivity contribution < 1.29 is 0 Å². The summed E-state index contributed by atoms with van der Waals surface area (Å²) in [6.07, 6.45) is 5.37. The van der Waals surface area contributed by atoms with E-state index in [2.05, 4.69) is 50.4 Å². The van der Waals surface area contributed by atoms with Crippen molar-refractivity contribution in [2.75, 3.05) is 5.32 Å². The topological polar surface area (TPSA) is 67.7 Å². The highest BCUT2D eigenvalue weighted by molar-refractivity contribution is 7.98. The average molecular weight is 453 g/mol. The Kier molecular flexibility index (Phi) is 5.60. The number of hydrogen-bond acceptors (Lipinski definition) is 5. The number of aromatic nitrogens is 4. The summed E-state index contributed by atoms with van der Waals surface area (Å²) in [5, 5.41) is 8.43. The molecule has 0 radical (unpaired) electrons. The quantitative estimate of drug-likeness (QED) is 0.329. The summed E-state index contributed by atoms with van der Waals surface area (Å²) in [5.41, 5.74) is 5.03. The molecule has 3 aromatic rings. The number of thiocarbonyl (C=S) groups is 1. The van der Waals surface area contributed by atoms with Gasteiger partial charge in [-0.3, -0.25) is 0 Å². The van der Waals surface area contributed by atoms with Gasteiger partial charge in [0.15, 0.2) is 10.3 Å². The number of nitrogens with zero attached hydrogens (tertiary/aromatic N) is 4. The molecular weight excluding hydrogens is 424 g/mol. The summed E-state index contributed by atoms with van der Waals surface area (Å²) in [5.74, 6) is 3.42. The molecule has 8 heteroatoms. The van der Waals surface area contributed by atoms with Gasteiger partial charge in [0.1, 0.15) is 5.82 Å². The van der Waals surface area contributed by atoms with E-state index in [1.807, 2.05) is 19.9 Å². The molecule has 2 saturated carbocycles. The first-order valence-corrected chi connectivity index (χ1v) is 12.3. The lowest BCUT2D eigenvalue weighted by atomic mass is 9.96. The Hall–Kier alpha value is -2.19. The zero-order valence-corrected chi connectivity index (χ0v) is 19.8. The maximum Gasteiger partial charge on any atom is 0.188 e. The maximum atomic E-state index is 5.59. The van der Waals surface area contributed by atoms with Crippen LogP contribution in [0.15, 0.2) is 29.4 Å². The number of aryl methyl sites for hydroxylation is 3. The monoisotopic (exact) mass is 452 g/mol. The van der Waals surface area contributed by atoms with Gasteiger partial charge >= 0.3 is 0 Å². The van der Waals surface area contributed by atoms with Crippen molar-refractivity contribution in [2.45, 2.75) is 56.5 Å². The van der Waals surface area contributed by atoms with E-state index in [1.54, 1.807) is 11.8 Å². The van der Waals surface area contributed by atoms with E-state index in [9.17, 15) is 0 Å². The molecule has 6 nitrogen and oxygen atoms in total. The predicted octanol–water partition coefficient (Wildman–Crippen LogP) is 4.75. The third-order valence-corrected chi connectivity index (χ3v) is 7.64. The van der Waals surface area contributed by atoms with Crippen LogP contribution in [0.3, 0.4) is 0 Å². The number of benzene rings is 1. The van der Waals surface area contributed by atoms with Crippen LogP contribution >= 0.6 is 24.0 Å². The Balaban J connectivity index is 1.26. The Morgan fingerprint density at radius 3 is 2.65 bits per heavy atom. The van der Waals surface area contributed by atoms with Crippen LogP contribution in [0.1, 0.15) is 42.9 Å². The highest BCUT2D eigenvalue weighted by Gasteiger charge is 2.39. The molecule has 2 N–H and O–H groups in total. The van der Waals surface area contributed by atoms with Gasteiger partial charge in [-0.05, 0) is 81.4 Å². The predicted molar refractivity (Wildman–Crippen MR) is 130 cm³/mol. The first kappa shape index (κ1) is 20.7. The SMILES string of the molecule is Cc1cc(C)nc(SCc2nc3cc(NC(=S)N[C@H]4C[C@H]5CC[C@H]4C5)ccc3n2C)n1. The van der Waals surface area contributed by atoms with Gasteiger partial charge in [-0.25, -0.2) is 15.0 Å². The summed E-state index contributed by atoms with van der Waals surface area (Å²) in [7, 11) is 2.06. The minimum atomic E-state index is 0.536. The fourth-order valence-corrected chi connectivity index (χ4v) is 6.30. The molecule has 0 aliphatic heterocycles. The normalized spacial score (nSPS) is 22.2. The lowest BCUT2D eigenvalue weighted by Crippen LogP contribution is -2.40. The van der Waals surface area contributed by atoms with Crippen molar-refractivity contribution >= 4 is 45.8 Å². The van der Waals surface area contributed by atoms with E-state index in [1.165, 1.54) is 25.7 Å². The lowest BCUT2D eigenvalue weighted by Gasteiger charge is -2.24. The molecule has 5 rings (SSSR count). The molecular formula is C23H28N6S2. The van der Waals surface area contributed by atoms with Crippen molar-refractivity contribution in [3.8, 4) is 0 Å². The van der Waals surface area contributed by atoms with Crippen molar-refractivity contribution in [1.29, 1.82) is 0 Å². The summed E-state index contributed by atoms with van der Waals surface area (Å²) in [6, 6.07) is 8.78. The van der Waals surface area contributed by atoms with Gasteiger partial charge < -0.3 is 15.2 Å². The number of rotatable bonds is 5. The molecule has 3 atom stereocenters. The second-order valence-electron chi connectivity index (χ2n) is 8.89. The highest BCUT2D eigenvalue weighted by Crippen LogP contribution is 2.44. The van der Waals surface area contributed by atoms with Gasteiger partial charge in [0.25, 0.3) is 0 Å². The van der Waals surface area contributed by atoms with E-state index in [0.29, 0.717) is 6.04 Å². The number of thioether (sulfide) groups is 1. The van der Waals surface area contributed by atoms with Crippen LogP contribution in [0.4, 0.5) is 5.69 Å². The van der Waals surface area contributed by atoms with Crippen molar-refractivity contribution in [1.82, 2.24) is 24.8 Å². The van der Waals surface area contributed by atoms with E-state index in [4.69, 9.17) is 17.2 Å². The zero-order chi connectivity index (χ0) is 21.5. The number of hydrogen-bond donors (Lipinski definition) is 2. The van der Waals surface area contributed by atoms with Crippen LogP contribution in [0, 0.1) is 25.7 Å². The summed E-state index contributed by atoms with van der Waals surface area (Å²) in [4.78, 5) is 13.9. The Morgan fingerprint density at radius 1 is 1.13 bits per heavy atom. The van der Waals surface area contributed by atoms with Gasteiger partial charge in [-0.1, -0.05) is 18.2 Å². The molecule has 2 bridgehead atoms. The van der Waals surface area contributed by atoms with E-state index in [0.717, 1.165) is 61.8 Å². The zero-order valence-electron chi connectivity index (χ0n) is 18.2. The molecule has 2 aliphatic rings. The minimum absolute atomic E-state index is 0.536. The molecule has 0 saturated heterocycles. The molecule has 0 unspecified atom stereocenters. The Labute approximate surface area is 192 Å². The number of imidazole rings is 1. The molecule has 162 valence electrons. The van der Waals surface area contributed by atoms with Crippen molar-refractivity contribution in [3.63, 3.8) is 0 Å². The van der Waals surface area contributed by atoms with Crippen LogP contribution in [0.25, 0.3) is 11.0 Å². The largest absolute Gasteiger partial charge is 0.359 e. The van der Waals surface area contributed by atoms with Crippen LogP contribution in [-0.2, 0) is 12.8 Å². The minimum Gasteiger partial charge on any atom is -0.359 e. The smallest absolute Gasteiger partial charge is 0.188 e. The molecule has 2 aliphatic carbocycles. The maximum absolute atomic E-state index is 5.59. The number of nitrogens with one attached hydrogen (secondary N) is 2. The standard InChI is InChI=1S/C23H28N6S2/c1-13-8-14(2)25-23(24-13)31-12-21-27-19-11-17(6-7-20(19)29(21)3)26-22(30)28-18-10-15-4-5-16(18)9-15/h6-8,11,15-16,18H,4-5,9-10,12H2,1-3H3,(H2,26,28,30)/t15-,16-,18-/m0/s1. The molecule has 1 aromatic carbocycles. The Morgan fingerprint density at radius 2 is 1.94 bits per heavy atom. The summed E-state index contributed by atoms with van der Waals surface area (Å²) >= 11 is 7.21. The van der Waals surface area contributed by atoms with Gasteiger partial charge in [0, 0.05) is 30.2 Å². The fourth-order valence-electron chi connectivity index (χ4n) is 5.10. The van der Waals surface area contributed by atoms with Crippen LogP contribution in [0.5, 0.6) is 0 Å². The molecule has 31 heavy (non-hydrogen) atoms. The summed E-state index contributed by atoms with van der Waals surface area (Å²) in [6.45, 7) is 4.00. The molecule has 2 heterocycles. The van der Waals surface area contributed by atoms with Crippen LogP contribution < -0.4 is 10.6 Å². The molecule has 2 aromatic heterocycles. The number of fused-ring (bicyclic) bond motifs is 3. The fraction of sp³-hybridized carbons (Fsp3) is 0.478. The van der Waals surface area contributed by atoms with E-state index >= 15 is 0 Å². The number of anilines is 1. The van der Waals surface area contributed by atoms with Crippen molar-refractivity contribution in [2.24, 2.45) is 18.9 Å². The third-order valence-electron chi connectivity index (χ3n) is 6.58. The van der Waals surface area contributed by atoms with Crippen LogP contribution in [0.2, 0.25) is 0 Å². The Bertz CT molecular complexity index is 1120. The van der Waals surface area contributed by atoms with E-state index < -0.39 is 0 Å². The lowest BCUT2D eigenvalue weighted by molar-refractivity contribution is 0.392. The van der Waals surface area contributed by atoms with Gasteiger partial charge in [-0.2, -0.15) is 0 Å². The second kappa shape index (κ2) is 8.39. The van der Waals surface area contributed by atoms with Crippen molar-refractivity contribution in [3.05, 3.63) is 41.5 Å². The van der Waals surface area contributed by atoms with Gasteiger partial charge in [0.05, 0.1) is 16.8 Å². The first-order valence-electron chi connectivity index (χ1n) is 10.9. The highest BCUT2D eigenvalue weighted by atomic mass is 32.2. The third kappa shape index (κ3) is 4.41. The molecule has 2 fully saturated rings. The first-order chi connectivity index (χ1) is 14.9. The summed E-state index contributed by atoms with van der Waals surface area (Å²) < 4.78 is 2.14. The van der Waals surface area contributed by atoms with Gasteiger partial charge in [0.2, 0.25) is 0 Å². The molecule has 0 spiro atoms. The van der Waals surface area contributed by atoms with Crippen LogP contribution in [-0.4, -0.2) is 30.7 Å². The molecule has 0 amide bonds.